The van der Waals surface area contributed by atoms with E-state index in [1.165, 1.54) is 15.2 Å². The van der Waals surface area contributed by atoms with Crippen LogP contribution in [0.15, 0.2) is 29.4 Å². The largest absolute Gasteiger partial charge is 0.416 e. The summed E-state index contributed by atoms with van der Waals surface area (Å²) >= 11 is 5.92. The average Bonchev–Trinajstić information content (AvgIpc) is 3.32. The lowest BCUT2D eigenvalue weighted by molar-refractivity contribution is -0.137. The summed E-state index contributed by atoms with van der Waals surface area (Å²) < 4.78 is 95.2. The van der Waals surface area contributed by atoms with Crippen molar-refractivity contribution >= 4 is 27.5 Å². The van der Waals surface area contributed by atoms with Crippen LogP contribution in [0.4, 0.5) is 22.0 Å². The van der Waals surface area contributed by atoms with Crippen molar-refractivity contribution < 1.29 is 35.2 Å². The third kappa shape index (κ3) is 6.52. The van der Waals surface area contributed by atoms with E-state index in [-0.39, 0.29) is 60.9 Å². The molecule has 1 aliphatic heterocycles. The molecule has 1 aliphatic carbocycles. The highest BCUT2D eigenvalue weighted by atomic mass is 35.5. The molecule has 2 aromatic rings. The third-order valence-electron chi connectivity index (χ3n) is 7.42. The number of halogens is 6. The maximum Gasteiger partial charge on any atom is 0.416 e. The van der Waals surface area contributed by atoms with Gasteiger partial charge in [0.25, 0.3) is 15.9 Å². The molecular formula is C23H28ClF5N6O3S. The van der Waals surface area contributed by atoms with E-state index in [1.54, 1.807) is 7.05 Å². The molecule has 0 spiro atoms. The van der Waals surface area contributed by atoms with Crippen LogP contribution in [0.3, 0.4) is 0 Å². The number of aryl methyl sites for hydroxylation is 1. The summed E-state index contributed by atoms with van der Waals surface area (Å²) in [5, 5.41) is 9.48. The Morgan fingerprint density at radius 2 is 1.74 bits per heavy atom. The van der Waals surface area contributed by atoms with Gasteiger partial charge < -0.3 is 5.32 Å². The number of carbonyl (C=O) groups excluding carboxylic acids is 1. The molecule has 0 unspecified atom stereocenters. The molecule has 1 N–H and O–H groups in total. The van der Waals surface area contributed by atoms with Crippen LogP contribution in [0.2, 0.25) is 5.02 Å². The number of hydrogen-bond donors (Lipinski definition) is 1. The van der Waals surface area contributed by atoms with Gasteiger partial charge in [-0.25, -0.2) is 17.2 Å². The first-order valence-corrected chi connectivity index (χ1v) is 14.1. The molecule has 4 rings (SSSR count). The third-order valence-corrected chi connectivity index (χ3v) is 9.50. The first-order chi connectivity index (χ1) is 18.1. The van der Waals surface area contributed by atoms with Gasteiger partial charge in [-0.2, -0.15) is 17.5 Å². The van der Waals surface area contributed by atoms with Crippen molar-refractivity contribution in [3.05, 3.63) is 40.5 Å². The first-order valence-electron chi connectivity index (χ1n) is 12.3. The molecule has 1 aromatic heterocycles. The summed E-state index contributed by atoms with van der Waals surface area (Å²) in [5.74, 6) is -3.48. The lowest BCUT2D eigenvalue weighted by atomic mass is 9.76. The molecule has 0 bridgehead atoms. The second-order valence-electron chi connectivity index (χ2n) is 9.90. The van der Waals surface area contributed by atoms with Crippen molar-refractivity contribution in [2.24, 2.45) is 7.05 Å². The normalized spacial score (nSPS) is 20.6. The van der Waals surface area contributed by atoms with Crippen LogP contribution in [-0.2, 0) is 23.2 Å². The van der Waals surface area contributed by atoms with Gasteiger partial charge in [-0.15, -0.1) is 5.10 Å². The quantitative estimate of drug-likeness (QED) is 0.489. The zero-order valence-corrected chi connectivity index (χ0v) is 22.6. The minimum Gasteiger partial charge on any atom is -0.352 e. The number of nitrogens with zero attached hydrogens (tertiary/aromatic N) is 5. The van der Waals surface area contributed by atoms with Crippen LogP contribution in [-0.4, -0.2) is 82.7 Å². The van der Waals surface area contributed by atoms with E-state index in [0.717, 1.165) is 12.1 Å². The zero-order chi connectivity index (χ0) is 28.6. The summed E-state index contributed by atoms with van der Waals surface area (Å²) in [6, 6.07) is 2.43. The van der Waals surface area contributed by atoms with E-state index < -0.39 is 39.1 Å². The van der Waals surface area contributed by atoms with Gasteiger partial charge in [0.2, 0.25) is 10.9 Å². The molecule has 1 saturated heterocycles. The molecule has 2 heterocycles. The summed E-state index contributed by atoms with van der Waals surface area (Å²) in [5.41, 5.74) is -1.82. The minimum absolute atomic E-state index is 0.0693. The Morgan fingerprint density at radius 1 is 1.10 bits per heavy atom. The second kappa shape index (κ2) is 10.9. The molecule has 2 aliphatic rings. The molecule has 9 nitrogen and oxygen atoms in total. The minimum atomic E-state index is -4.61. The molecule has 1 aromatic carbocycles. The molecule has 2 fully saturated rings. The molecular weight excluding hydrogens is 571 g/mol. The average molecular weight is 599 g/mol. The van der Waals surface area contributed by atoms with E-state index in [0.29, 0.717) is 25.6 Å². The van der Waals surface area contributed by atoms with Gasteiger partial charge >= 0.3 is 6.18 Å². The predicted octanol–water partition coefficient (Wildman–Crippen LogP) is 3.56. The summed E-state index contributed by atoms with van der Waals surface area (Å²) in [4.78, 5) is 14.6. The Kier molecular flexibility index (Phi) is 8.28. The maximum atomic E-state index is 14.1. The van der Waals surface area contributed by atoms with Gasteiger partial charge in [0.05, 0.1) is 22.3 Å². The van der Waals surface area contributed by atoms with Crippen molar-refractivity contribution in [2.45, 2.75) is 54.8 Å². The molecule has 16 heteroatoms. The summed E-state index contributed by atoms with van der Waals surface area (Å²) in [7, 11) is -2.30. The van der Waals surface area contributed by atoms with Gasteiger partial charge in [0, 0.05) is 58.2 Å². The van der Waals surface area contributed by atoms with Crippen LogP contribution in [0, 0.1) is 0 Å². The summed E-state index contributed by atoms with van der Waals surface area (Å²) in [6.07, 6.45) is -3.40. The van der Waals surface area contributed by atoms with Crippen molar-refractivity contribution in [1.29, 1.82) is 0 Å². The topological polar surface area (TPSA) is 100 Å². The molecule has 216 valence electrons. The highest BCUT2D eigenvalue weighted by Crippen LogP contribution is 2.44. The van der Waals surface area contributed by atoms with Crippen LogP contribution >= 0.6 is 11.6 Å². The van der Waals surface area contributed by atoms with Crippen LogP contribution in [0.25, 0.3) is 0 Å². The van der Waals surface area contributed by atoms with Gasteiger partial charge in [-0.1, -0.05) is 16.8 Å². The number of piperazine rings is 1. The smallest absolute Gasteiger partial charge is 0.352 e. The number of hydrogen-bond acceptors (Lipinski definition) is 6. The van der Waals surface area contributed by atoms with Gasteiger partial charge in [-0.05, 0) is 37.5 Å². The number of alkyl halides is 5. The van der Waals surface area contributed by atoms with E-state index in [1.807, 2.05) is 4.90 Å². The number of carbonyl (C=O) groups is 1. The molecule has 39 heavy (non-hydrogen) atoms. The lowest BCUT2D eigenvalue weighted by Crippen LogP contribution is -2.60. The van der Waals surface area contributed by atoms with Crippen molar-refractivity contribution in [3.63, 3.8) is 0 Å². The predicted molar refractivity (Wildman–Crippen MR) is 131 cm³/mol. The molecule has 1 saturated carbocycles. The number of amides is 1. The standard InChI is InChI=1S/C23H28ClF5N6O3S/c1-33-15-19(31-32-33)39(37,38)35-12-10-34(11-13-35)21(4-6-22(25,26)7-5-21)8-9-30-20(36)17-3-2-16(14-18(17)24)23(27,28)29/h2-3,14-15H,4-13H2,1H3,(H,30,36). The van der Waals surface area contributed by atoms with Gasteiger partial charge in [-0.3, -0.25) is 14.4 Å². The van der Waals surface area contributed by atoms with Gasteiger partial charge in [0.1, 0.15) is 0 Å². The van der Waals surface area contributed by atoms with Crippen LogP contribution in [0.1, 0.15) is 48.0 Å². The highest BCUT2D eigenvalue weighted by Gasteiger charge is 2.47. The Balaban J connectivity index is 1.42. The maximum absolute atomic E-state index is 14.1. The Hall–Kier alpha value is -2.36. The number of aromatic nitrogens is 3. The van der Waals surface area contributed by atoms with Crippen LogP contribution in [0.5, 0.6) is 0 Å². The van der Waals surface area contributed by atoms with E-state index in [4.69, 9.17) is 11.6 Å². The zero-order valence-electron chi connectivity index (χ0n) is 21.0. The fourth-order valence-corrected chi connectivity index (χ4v) is 6.76. The highest BCUT2D eigenvalue weighted by molar-refractivity contribution is 7.89. The SMILES string of the molecule is Cn1cc(S(=O)(=O)N2CCN(C3(CCNC(=O)c4ccc(C(F)(F)F)cc4Cl)CCC(F)(F)CC3)CC2)nn1. The second-order valence-corrected chi connectivity index (χ2v) is 12.2. The van der Waals surface area contributed by atoms with Crippen molar-refractivity contribution in [2.75, 3.05) is 32.7 Å². The van der Waals surface area contributed by atoms with Gasteiger partial charge in [0.15, 0.2) is 0 Å². The first kappa shape index (κ1) is 29.6. The van der Waals surface area contributed by atoms with E-state index in [9.17, 15) is 35.2 Å². The monoisotopic (exact) mass is 598 g/mol. The molecule has 0 atom stereocenters. The number of sulfonamides is 1. The van der Waals surface area contributed by atoms with E-state index >= 15 is 0 Å². The van der Waals surface area contributed by atoms with E-state index in [2.05, 4.69) is 15.6 Å². The summed E-state index contributed by atoms with van der Waals surface area (Å²) in [6.45, 7) is 0.919. The Labute approximate surface area is 227 Å². The number of nitrogens with one attached hydrogen (secondary N) is 1. The Morgan fingerprint density at radius 3 is 2.28 bits per heavy atom. The molecule has 0 radical (unpaired) electrons. The number of rotatable bonds is 7. The van der Waals surface area contributed by atoms with Crippen molar-refractivity contribution in [1.82, 2.24) is 29.5 Å². The van der Waals surface area contributed by atoms with Crippen molar-refractivity contribution in [3.8, 4) is 0 Å². The Bertz CT molecular complexity index is 1300. The fourth-order valence-electron chi connectivity index (χ4n) is 5.16. The molecule has 1 amide bonds. The fraction of sp³-hybridized carbons (Fsp3) is 0.609. The lowest BCUT2D eigenvalue weighted by Gasteiger charge is -2.50. The van der Waals surface area contributed by atoms with Crippen LogP contribution < -0.4 is 5.32 Å². The number of benzene rings is 1.